The highest BCUT2D eigenvalue weighted by atomic mass is 32.2. The van der Waals surface area contributed by atoms with Crippen molar-refractivity contribution in [3.8, 4) is 0 Å². The number of fused-ring (bicyclic) bond motifs is 1. The lowest BCUT2D eigenvalue weighted by molar-refractivity contribution is 0.101. The highest BCUT2D eigenvalue weighted by molar-refractivity contribution is 7.91. The van der Waals surface area contributed by atoms with E-state index in [0.29, 0.717) is 31.1 Å². The van der Waals surface area contributed by atoms with E-state index in [1.54, 1.807) is 17.9 Å². The van der Waals surface area contributed by atoms with Crippen LogP contribution in [0.25, 0.3) is 10.9 Å². The predicted molar refractivity (Wildman–Crippen MR) is 111 cm³/mol. The van der Waals surface area contributed by atoms with Gasteiger partial charge in [-0.3, -0.25) is 4.79 Å². The number of aryl methyl sites for hydroxylation is 1. The zero-order chi connectivity index (χ0) is 20.6. The summed E-state index contributed by atoms with van der Waals surface area (Å²) in [5, 5.41) is 8.34. The summed E-state index contributed by atoms with van der Waals surface area (Å²) in [6.45, 7) is 2.85. The molecule has 8 nitrogen and oxygen atoms in total. The molecule has 0 radical (unpaired) electrons. The highest BCUT2D eigenvalue weighted by Crippen LogP contribution is 2.28. The molecule has 0 unspecified atom stereocenters. The van der Waals surface area contributed by atoms with Crippen LogP contribution < -0.4 is 5.32 Å². The Bertz CT molecular complexity index is 1160. The lowest BCUT2D eigenvalue weighted by atomic mass is 10.2. The summed E-state index contributed by atoms with van der Waals surface area (Å²) in [6.07, 6.45) is 0.500. The van der Waals surface area contributed by atoms with Gasteiger partial charge in [-0.1, -0.05) is 18.2 Å². The van der Waals surface area contributed by atoms with Crippen LogP contribution in [0.1, 0.15) is 28.6 Å². The van der Waals surface area contributed by atoms with Gasteiger partial charge in [-0.2, -0.15) is 5.10 Å². The molecule has 1 aliphatic rings. The van der Waals surface area contributed by atoms with Crippen LogP contribution in [0.5, 0.6) is 0 Å². The average molecular weight is 417 g/mol. The average Bonchev–Trinajstić information content (AvgIpc) is 3.34. The number of carbonyl (C=O) groups is 1. The molecule has 0 spiro atoms. The minimum absolute atomic E-state index is 0.0467. The second-order valence-corrected chi connectivity index (χ2v) is 9.59. The van der Waals surface area contributed by atoms with Gasteiger partial charge in [-0.05, 0) is 25.5 Å². The number of nitrogens with one attached hydrogen (secondary N) is 1. The molecule has 4 rings (SSSR count). The van der Waals surface area contributed by atoms with Crippen LogP contribution in [-0.4, -0.2) is 53.9 Å². The van der Waals surface area contributed by atoms with Gasteiger partial charge < -0.3 is 14.6 Å². The number of amides is 1. The van der Waals surface area contributed by atoms with Gasteiger partial charge in [0.15, 0.2) is 9.84 Å². The quantitative estimate of drug-likeness (QED) is 0.666. The number of carbonyl (C=O) groups excluding carboxylic acids is 1. The molecule has 154 valence electrons. The summed E-state index contributed by atoms with van der Waals surface area (Å²) < 4.78 is 32.5. The van der Waals surface area contributed by atoms with Crippen LogP contribution >= 0.6 is 0 Å². The number of nitrogens with zero attached hydrogens (tertiary/aromatic N) is 3. The largest absolute Gasteiger partial charge is 0.383 e. The van der Waals surface area contributed by atoms with Crippen molar-refractivity contribution >= 4 is 32.5 Å². The fourth-order valence-electron chi connectivity index (χ4n) is 3.86. The molecule has 1 fully saturated rings. The molecule has 3 heterocycles. The summed E-state index contributed by atoms with van der Waals surface area (Å²) in [7, 11) is -1.43. The van der Waals surface area contributed by atoms with E-state index in [1.807, 2.05) is 41.8 Å². The van der Waals surface area contributed by atoms with Crippen molar-refractivity contribution in [1.29, 1.82) is 0 Å². The van der Waals surface area contributed by atoms with Crippen molar-refractivity contribution in [2.24, 2.45) is 0 Å². The normalized spacial score (nSPS) is 18.3. The van der Waals surface area contributed by atoms with Crippen LogP contribution in [0.4, 0.5) is 5.82 Å². The van der Waals surface area contributed by atoms with E-state index >= 15 is 0 Å². The Labute approximate surface area is 169 Å². The Morgan fingerprint density at radius 1 is 1.31 bits per heavy atom. The molecule has 1 atom stereocenters. The Morgan fingerprint density at radius 3 is 2.83 bits per heavy atom. The minimum atomic E-state index is -3.06. The third-order valence-electron chi connectivity index (χ3n) is 5.22. The summed E-state index contributed by atoms with van der Waals surface area (Å²) in [6, 6.07) is 11.2. The number of sulfone groups is 1. The first-order valence-electron chi connectivity index (χ1n) is 9.53. The Balaban J connectivity index is 1.65. The van der Waals surface area contributed by atoms with E-state index in [1.165, 1.54) is 0 Å². The molecule has 0 saturated carbocycles. The Hall–Kier alpha value is -2.65. The van der Waals surface area contributed by atoms with E-state index in [4.69, 9.17) is 4.74 Å². The zero-order valence-electron chi connectivity index (χ0n) is 16.5. The van der Waals surface area contributed by atoms with Gasteiger partial charge in [-0.15, -0.1) is 0 Å². The van der Waals surface area contributed by atoms with Gasteiger partial charge in [0.25, 0.3) is 5.91 Å². The highest BCUT2D eigenvalue weighted by Gasteiger charge is 2.31. The fourth-order valence-corrected chi connectivity index (χ4v) is 5.55. The Kier molecular flexibility index (Phi) is 5.18. The first kappa shape index (κ1) is 19.7. The van der Waals surface area contributed by atoms with Gasteiger partial charge >= 0.3 is 0 Å². The summed E-state index contributed by atoms with van der Waals surface area (Å²) >= 11 is 0. The molecule has 0 aliphatic carbocycles. The Morgan fingerprint density at radius 2 is 2.10 bits per heavy atom. The molecule has 1 aliphatic heterocycles. The molecular weight excluding hydrogens is 392 g/mol. The molecule has 1 saturated heterocycles. The van der Waals surface area contributed by atoms with Crippen LogP contribution in [0, 0.1) is 6.92 Å². The number of rotatable bonds is 6. The van der Waals surface area contributed by atoms with Crippen LogP contribution in [-0.2, 0) is 21.1 Å². The predicted octanol–water partition coefficient (Wildman–Crippen LogP) is 2.40. The summed E-state index contributed by atoms with van der Waals surface area (Å²) in [5.74, 6) is 0.442. The number of hydrogen-bond donors (Lipinski definition) is 1. The molecule has 3 aromatic rings. The van der Waals surface area contributed by atoms with Crippen molar-refractivity contribution in [3.63, 3.8) is 0 Å². The molecule has 9 heteroatoms. The van der Waals surface area contributed by atoms with Gasteiger partial charge in [0.1, 0.15) is 11.5 Å². The maximum atomic E-state index is 13.1. The molecule has 1 N–H and O–H groups in total. The van der Waals surface area contributed by atoms with Gasteiger partial charge in [0.05, 0.1) is 29.8 Å². The second kappa shape index (κ2) is 7.64. The molecule has 29 heavy (non-hydrogen) atoms. The van der Waals surface area contributed by atoms with Gasteiger partial charge in [0.2, 0.25) is 0 Å². The summed E-state index contributed by atoms with van der Waals surface area (Å²) in [4.78, 5) is 13.1. The minimum Gasteiger partial charge on any atom is -0.383 e. The van der Waals surface area contributed by atoms with Gasteiger partial charge in [0, 0.05) is 30.6 Å². The number of anilines is 1. The third kappa shape index (κ3) is 3.92. The SMILES string of the molecule is COCCn1c(C(=O)Nc2cc(C)nn2[C@H]2CCS(=O)(=O)C2)cc2ccccc21. The topological polar surface area (TPSA) is 95.2 Å². The monoisotopic (exact) mass is 416 g/mol. The fraction of sp³-hybridized carbons (Fsp3) is 0.400. The van der Waals surface area contributed by atoms with E-state index in [9.17, 15) is 13.2 Å². The number of ether oxygens (including phenoxy) is 1. The first-order chi connectivity index (χ1) is 13.9. The number of methoxy groups -OCH3 is 1. The standard InChI is InChI=1S/C20H24N4O4S/c1-14-11-19(24(22-14)16-7-10-29(26,27)13-16)21-20(25)18-12-15-5-3-4-6-17(15)23(18)8-9-28-2/h3-6,11-12,16H,7-10,13H2,1-2H3,(H,21,25)/t16-/m0/s1. The smallest absolute Gasteiger partial charge is 0.273 e. The molecule has 1 aromatic carbocycles. The van der Waals surface area contributed by atoms with Crippen molar-refractivity contribution < 1.29 is 17.9 Å². The summed E-state index contributed by atoms with van der Waals surface area (Å²) in [5.41, 5.74) is 2.21. The van der Waals surface area contributed by atoms with E-state index in [2.05, 4.69) is 10.4 Å². The molecule has 1 amide bonds. The first-order valence-corrected chi connectivity index (χ1v) is 11.4. The van der Waals surface area contributed by atoms with E-state index in [-0.39, 0.29) is 23.5 Å². The zero-order valence-corrected chi connectivity index (χ0v) is 17.3. The second-order valence-electron chi connectivity index (χ2n) is 7.36. The van der Waals surface area contributed by atoms with Crippen LogP contribution in [0.2, 0.25) is 0 Å². The molecule has 0 bridgehead atoms. The lowest BCUT2D eigenvalue weighted by Crippen LogP contribution is -2.22. The molecular formula is C20H24N4O4S. The van der Waals surface area contributed by atoms with E-state index in [0.717, 1.165) is 16.6 Å². The number of benzene rings is 1. The van der Waals surface area contributed by atoms with Crippen LogP contribution in [0.3, 0.4) is 0 Å². The number of aromatic nitrogens is 3. The lowest BCUT2D eigenvalue weighted by Gasteiger charge is -2.15. The number of hydrogen-bond acceptors (Lipinski definition) is 5. The number of para-hydroxylation sites is 1. The maximum absolute atomic E-state index is 13.1. The van der Waals surface area contributed by atoms with Crippen molar-refractivity contribution in [2.75, 3.05) is 30.5 Å². The van der Waals surface area contributed by atoms with Crippen LogP contribution in [0.15, 0.2) is 36.4 Å². The third-order valence-corrected chi connectivity index (χ3v) is 6.97. The van der Waals surface area contributed by atoms with Gasteiger partial charge in [-0.25, -0.2) is 13.1 Å². The molecule has 2 aromatic heterocycles. The van der Waals surface area contributed by atoms with Crippen molar-refractivity contribution in [1.82, 2.24) is 14.3 Å². The van der Waals surface area contributed by atoms with Crippen molar-refractivity contribution in [2.45, 2.75) is 25.9 Å². The maximum Gasteiger partial charge on any atom is 0.273 e. The van der Waals surface area contributed by atoms with E-state index < -0.39 is 9.84 Å². The van der Waals surface area contributed by atoms with Crippen molar-refractivity contribution in [3.05, 3.63) is 47.8 Å².